The topological polar surface area (TPSA) is 29.9 Å². The van der Waals surface area contributed by atoms with Crippen LogP contribution in [0.25, 0.3) is 0 Å². The number of imidazole rings is 1. The fraction of sp³-hybridized carbons (Fsp3) is 0.833. The maximum atomic E-state index is 4.51. The third-order valence-electron chi connectivity index (χ3n) is 5.22. The number of aryl methyl sites for hydroxylation is 1. The second kappa shape index (κ2) is 8.57. The molecule has 2 rings (SSSR count). The average Bonchev–Trinajstić information content (AvgIpc) is 2.90. The largest absolute Gasteiger partial charge is 0.338 e. The summed E-state index contributed by atoms with van der Waals surface area (Å²) < 4.78 is 2.16. The highest BCUT2D eigenvalue weighted by atomic mass is 15.0. The van der Waals surface area contributed by atoms with E-state index in [0.29, 0.717) is 6.04 Å². The van der Waals surface area contributed by atoms with Crippen LogP contribution >= 0.6 is 0 Å². The Bertz CT molecular complexity index is 391. The summed E-state index contributed by atoms with van der Waals surface area (Å²) in [4.78, 5) is 4.51. The van der Waals surface area contributed by atoms with E-state index in [9.17, 15) is 0 Å². The van der Waals surface area contributed by atoms with Crippen molar-refractivity contribution in [2.75, 3.05) is 6.54 Å². The van der Waals surface area contributed by atoms with Crippen molar-refractivity contribution in [2.45, 2.75) is 71.3 Å². The zero-order valence-electron chi connectivity index (χ0n) is 14.1. The van der Waals surface area contributed by atoms with Crippen LogP contribution in [0.5, 0.6) is 0 Å². The molecule has 1 heterocycles. The molecule has 1 saturated carbocycles. The Morgan fingerprint density at radius 1 is 1.29 bits per heavy atom. The fourth-order valence-electron chi connectivity index (χ4n) is 3.83. The molecular weight excluding hydrogens is 258 g/mol. The van der Waals surface area contributed by atoms with Gasteiger partial charge in [-0.2, -0.15) is 0 Å². The monoisotopic (exact) mass is 291 g/mol. The molecule has 21 heavy (non-hydrogen) atoms. The van der Waals surface area contributed by atoms with Crippen LogP contribution in [-0.4, -0.2) is 22.1 Å². The Balaban J connectivity index is 1.86. The lowest BCUT2D eigenvalue weighted by Crippen LogP contribution is -2.40. The summed E-state index contributed by atoms with van der Waals surface area (Å²) >= 11 is 0. The van der Waals surface area contributed by atoms with Crippen LogP contribution < -0.4 is 5.32 Å². The van der Waals surface area contributed by atoms with Gasteiger partial charge in [-0.1, -0.05) is 46.0 Å². The summed E-state index contributed by atoms with van der Waals surface area (Å²) in [5.74, 6) is 3.05. The van der Waals surface area contributed by atoms with Crippen LogP contribution in [0, 0.1) is 11.8 Å². The molecule has 1 aromatic rings. The third kappa shape index (κ3) is 4.84. The van der Waals surface area contributed by atoms with E-state index in [0.717, 1.165) is 24.8 Å². The van der Waals surface area contributed by atoms with Crippen molar-refractivity contribution in [1.82, 2.24) is 14.9 Å². The van der Waals surface area contributed by atoms with Gasteiger partial charge in [0.15, 0.2) is 0 Å². The van der Waals surface area contributed by atoms with Gasteiger partial charge in [-0.25, -0.2) is 4.98 Å². The number of unbranched alkanes of at least 4 members (excludes halogenated alkanes) is 1. The van der Waals surface area contributed by atoms with Gasteiger partial charge in [0.2, 0.25) is 0 Å². The van der Waals surface area contributed by atoms with Gasteiger partial charge < -0.3 is 9.88 Å². The minimum Gasteiger partial charge on any atom is -0.338 e. The minimum absolute atomic E-state index is 0.600. The predicted molar refractivity (Wildman–Crippen MR) is 89.3 cm³/mol. The first-order valence-corrected chi connectivity index (χ1v) is 8.94. The van der Waals surface area contributed by atoms with E-state index in [2.05, 4.69) is 42.0 Å². The molecule has 120 valence electrons. The van der Waals surface area contributed by atoms with Crippen LogP contribution in [0.4, 0.5) is 0 Å². The lowest BCUT2D eigenvalue weighted by atomic mass is 9.76. The van der Waals surface area contributed by atoms with Crippen molar-refractivity contribution in [3.63, 3.8) is 0 Å². The summed E-state index contributed by atoms with van der Waals surface area (Å²) in [6.45, 7) is 5.59. The molecule has 1 unspecified atom stereocenters. The molecule has 0 bridgehead atoms. The van der Waals surface area contributed by atoms with Gasteiger partial charge in [0.25, 0.3) is 0 Å². The number of hydrogen-bond donors (Lipinski definition) is 1. The van der Waals surface area contributed by atoms with Crippen LogP contribution in [0.1, 0.15) is 64.6 Å². The molecule has 1 fully saturated rings. The molecule has 0 aromatic carbocycles. The van der Waals surface area contributed by atoms with Gasteiger partial charge >= 0.3 is 0 Å². The Kier molecular flexibility index (Phi) is 6.75. The smallest absolute Gasteiger partial charge is 0.109 e. The van der Waals surface area contributed by atoms with Crippen molar-refractivity contribution in [2.24, 2.45) is 18.9 Å². The molecule has 0 saturated heterocycles. The Morgan fingerprint density at radius 2 is 2.05 bits per heavy atom. The highest BCUT2D eigenvalue weighted by Crippen LogP contribution is 2.34. The first-order chi connectivity index (χ1) is 10.2. The Morgan fingerprint density at radius 3 is 2.62 bits per heavy atom. The first kappa shape index (κ1) is 16.5. The minimum atomic E-state index is 0.600. The second-order valence-corrected chi connectivity index (χ2v) is 6.75. The van der Waals surface area contributed by atoms with E-state index in [-0.39, 0.29) is 0 Å². The molecule has 1 aromatic heterocycles. The number of nitrogens with one attached hydrogen (secondary N) is 1. The molecular formula is C18H33N3. The van der Waals surface area contributed by atoms with Crippen LogP contribution in [0.2, 0.25) is 0 Å². The molecule has 3 nitrogen and oxygen atoms in total. The van der Waals surface area contributed by atoms with Gasteiger partial charge in [0.1, 0.15) is 5.82 Å². The molecule has 1 atom stereocenters. The molecule has 0 radical (unpaired) electrons. The van der Waals surface area contributed by atoms with Crippen molar-refractivity contribution in [3.05, 3.63) is 18.2 Å². The number of hydrogen-bond acceptors (Lipinski definition) is 2. The van der Waals surface area contributed by atoms with Crippen LogP contribution in [0.15, 0.2) is 12.4 Å². The standard InChI is InChI=1S/C18H33N3/c1-4-6-7-15-8-10-16(11-9-15)17(19-5-2)14-18-20-12-13-21(18)3/h12-13,15-17,19H,4-11,14H2,1-3H3. The normalized spacial score (nSPS) is 24.1. The van der Waals surface area contributed by atoms with Crippen molar-refractivity contribution < 1.29 is 0 Å². The third-order valence-corrected chi connectivity index (χ3v) is 5.22. The molecule has 0 aliphatic heterocycles. The van der Waals surface area contributed by atoms with E-state index in [1.165, 1.54) is 50.8 Å². The molecule has 1 N–H and O–H groups in total. The number of nitrogens with zero attached hydrogens (tertiary/aromatic N) is 2. The molecule has 1 aliphatic carbocycles. The van der Waals surface area contributed by atoms with Crippen molar-refractivity contribution in [1.29, 1.82) is 0 Å². The predicted octanol–water partition coefficient (Wildman–Crippen LogP) is 3.94. The highest BCUT2D eigenvalue weighted by molar-refractivity contribution is 4.96. The summed E-state index contributed by atoms with van der Waals surface area (Å²) in [6.07, 6.45) is 14.9. The maximum Gasteiger partial charge on any atom is 0.109 e. The molecule has 3 heteroatoms. The van der Waals surface area contributed by atoms with Crippen molar-refractivity contribution in [3.8, 4) is 0 Å². The van der Waals surface area contributed by atoms with Gasteiger partial charge in [-0.05, 0) is 31.2 Å². The maximum absolute atomic E-state index is 4.51. The van der Waals surface area contributed by atoms with Crippen LogP contribution in [0.3, 0.4) is 0 Å². The van der Waals surface area contributed by atoms with Gasteiger partial charge in [0, 0.05) is 31.9 Å². The Hall–Kier alpha value is -0.830. The van der Waals surface area contributed by atoms with E-state index in [1.54, 1.807) is 0 Å². The quantitative estimate of drug-likeness (QED) is 0.786. The van der Waals surface area contributed by atoms with Gasteiger partial charge in [0.05, 0.1) is 0 Å². The van der Waals surface area contributed by atoms with E-state index >= 15 is 0 Å². The number of rotatable bonds is 8. The SMILES string of the molecule is CCCCC1CCC(C(Cc2nccn2C)NCC)CC1. The van der Waals surface area contributed by atoms with E-state index in [4.69, 9.17) is 0 Å². The van der Waals surface area contributed by atoms with Gasteiger partial charge in [-0.3, -0.25) is 0 Å². The molecule has 0 spiro atoms. The Labute approximate surface area is 130 Å². The lowest BCUT2D eigenvalue weighted by molar-refractivity contribution is 0.210. The number of aromatic nitrogens is 2. The summed E-state index contributed by atoms with van der Waals surface area (Å²) in [6, 6.07) is 0.600. The van der Waals surface area contributed by atoms with E-state index in [1.807, 2.05) is 6.20 Å². The summed E-state index contributed by atoms with van der Waals surface area (Å²) in [7, 11) is 2.10. The molecule has 0 amide bonds. The first-order valence-electron chi connectivity index (χ1n) is 8.94. The zero-order valence-corrected chi connectivity index (χ0v) is 14.1. The van der Waals surface area contributed by atoms with Crippen molar-refractivity contribution >= 4 is 0 Å². The fourth-order valence-corrected chi connectivity index (χ4v) is 3.83. The zero-order chi connectivity index (χ0) is 15.1. The summed E-state index contributed by atoms with van der Waals surface area (Å²) in [5.41, 5.74) is 0. The highest BCUT2D eigenvalue weighted by Gasteiger charge is 2.27. The lowest BCUT2D eigenvalue weighted by Gasteiger charge is -2.34. The number of likely N-dealkylation sites (N-methyl/N-ethyl adjacent to an activating group) is 1. The second-order valence-electron chi connectivity index (χ2n) is 6.75. The average molecular weight is 291 g/mol. The summed E-state index contributed by atoms with van der Waals surface area (Å²) in [5, 5.41) is 3.72. The van der Waals surface area contributed by atoms with Crippen LogP contribution in [-0.2, 0) is 13.5 Å². The van der Waals surface area contributed by atoms with Gasteiger partial charge in [-0.15, -0.1) is 0 Å². The van der Waals surface area contributed by atoms with E-state index < -0.39 is 0 Å². The molecule has 1 aliphatic rings.